The molecule has 0 aliphatic rings. The molecule has 3 heterocycles. The van der Waals surface area contributed by atoms with Crippen molar-refractivity contribution in [2.75, 3.05) is 0 Å². The fourth-order valence-corrected chi connectivity index (χ4v) is 6.64. The average Bonchev–Trinajstić information content (AvgIpc) is 3.70. The van der Waals surface area contributed by atoms with Gasteiger partial charge in [0.05, 0.1) is 27.6 Å². The SMILES string of the molecule is c1ccc(-n2c3ccccc3c3cc4ccn(-c5ccc(-n6c7ccccc7c7ccccc76)cc5)c4cc32)cc1. The van der Waals surface area contributed by atoms with E-state index < -0.39 is 0 Å². The number of hydrogen-bond acceptors (Lipinski definition) is 0. The number of fused-ring (bicyclic) bond motifs is 7. The molecule has 0 fully saturated rings. The molecule has 0 spiro atoms. The van der Waals surface area contributed by atoms with E-state index in [1.807, 2.05) is 0 Å². The van der Waals surface area contributed by atoms with Crippen molar-refractivity contribution >= 4 is 54.5 Å². The summed E-state index contributed by atoms with van der Waals surface area (Å²) in [5, 5.41) is 6.34. The Balaban J connectivity index is 1.23. The maximum absolute atomic E-state index is 2.38. The van der Waals surface area contributed by atoms with E-state index in [-0.39, 0.29) is 0 Å². The summed E-state index contributed by atoms with van der Waals surface area (Å²) >= 11 is 0. The second-order valence-corrected chi connectivity index (χ2v) is 10.7. The molecular weight excluding hydrogens is 498 g/mol. The number of hydrogen-bond donors (Lipinski definition) is 0. The van der Waals surface area contributed by atoms with Crippen molar-refractivity contribution in [2.24, 2.45) is 0 Å². The summed E-state index contributed by atoms with van der Waals surface area (Å²) in [6, 6.07) is 52.5. The molecule has 0 atom stereocenters. The van der Waals surface area contributed by atoms with Crippen LogP contribution in [0.15, 0.2) is 152 Å². The van der Waals surface area contributed by atoms with Crippen LogP contribution in [-0.2, 0) is 0 Å². The highest BCUT2D eigenvalue weighted by Crippen LogP contribution is 2.36. The lowest BCUT2D eigenvalue weighted by Crippen LogP contribution is -1.97. The molecule has 0 N–H and O–H groups in total. The number of nitrogens with zero attached hydrogens (tertiary/aromatic N) is 3. The quantitative estimate of drug-likeness (QED) is 0.219. The van der Waals surface area contributed by atoms with E-state index in [9.17, 15) is 0 Å². The summed E-state index contributed by atoms with van der Waals surface area (Å²) in [6.45, 7) is 0. The summed E-state index contributed by atoms with van der Waals surface area (Å²) in [6.07, 6.45) is 2.19. The molecule has 0 aliphatic heterocycles. The molecule has 6 aromatic carbocycles. The fraction of sp³-hybridized carbons (Fsp3) is 0. The van der Waals surface area contributed by atoms with Gasteiger partial charge < -0.3 is 13.7 Å². The molecular formula is C38H25N3. The van der Waals surface area contributed by atoms with Gasteiger partial charge in [-0.15, -0.1) is 0 Å². The summed E-state index contributed by atoms with van der Waals surface area (Å²) < 4.78 is 7.05. The first-order chi connectivity index (χ1) is 20.3. The van der Waals surface area contributed by atoms with Crippen molar-refractivity contribution < 1.29 is 0 Å². The van der Waals surface area contributed by atoms with Crippen molar-refractivity contribution in [1.29, 1.82) is 0 Å². The maximum Gasteiger partial charge on any atom is 0.0562 e. The van der Waals surface area contributed by atoms with E-state index in [1.54, 1.807) is 0 Å². The van der Waals surface area contributed by atoms with Crippen LogP contribution < -0.4 is 0 Å². The highest BCUT2D eigenvalue weighted by Gasteiger charge is 2.15. The van der Waals surface area contributed by atoms with Crippen molar-refractivity contribution in [1.82, 2.24) is 13.7 Å². The van der Waals surface area contributed by atoms with Crippen LogP contribution in [0.5, 0.6) is 0 Å². The summed E-state index contributed by atoms with van der Waals surface area (Å²) in [4.78, 5) is 0. The second-order valence-electron chi connectivity index (χ2n) is 10.7. The van der Waals surface area contributed by atoms with Gasteiger partial charge in [-0.3, -0.25) is 0 Å². The van der Waals surface area contributed by atoms with E-state index in [0.717, 1.165) is 11.4 Å². The standard InChI is InChI=1S/C38H25N3/c1-2-10-28(11-3-1)41-36-17-9-6-14-32(36)33-24-26-22-23-39(37(26)25-38(33)41)27-18-20-29(21-19-27)40-34-15-7-4-12-30(34)31-13-5-8-16-35(31)40/h1-25H. The molecule has 9 aromatic rings. The maximum atomic E-state index is 2.38. The lowest BCUT2D eigenvalue weighted by atomic mass is 10.1. The van der Waals surface area contributed by atoms with Gasteiger partial charge in [-0.05, 0) is 72.8 Å². The normalized spacial score (nSPS) is 11.9. The minimum atomic E-state index is 1.14. The minimum Gasteiger partial charge on any atom is -0.316 e. The first-order valence-corrected chi connectivity index (χ1v) is 14.0. The van der Waals surface area contributed by atoms with Gasteiger partial charge in [0.1, 0.15) is 0 Å². The Labute approximate surface area is 236 Å². The number of aromatic nitrogens is 3. The summed E-state index contributed by atoms with van der Waals surface area (Å²) in [5.74, 6) is 0. The van der Waals surface area contributed by atoms with Gasteiger partial charge in [-0.2, -0.15) is 0 Å². The lowest BCUT2D eigenvalue weighted by molar-refractivity contribution is 1.11. The minimum absolute atomic E-state index is 1.14. The zero-order valence-electron chi connectivity index (χ0n) is 22.3. The van der Waals surface area contributed by atoms with Crippen LogP contribution in [-0.4, -0.2) is 13.7 Å². The van der Waals surface area contributed by atoms with Gasteiger partial charge in [0, 0.05) is 50.2 Å². The molecule has 3 heteroatoms. The Hall–Kier alpha value is -5.54. The zero-order valence-corrected chi connectivity index (χ0v) is 22.3. The van der Waals surface area contributed by atoms with Gasteiger partial charge in [-0.1, -0.05) is 72.8 Å². The smallest absolute Gasteiger partial charge is 0.0562 e. The van der Waals surface area contributed by atoms with E-state index in [2.05, 4.69) is 165 Å². The molecule has 0 saturated heterocycles. The van der Waals surface area contributed by atoms with Crippen molar-refractivity contribution in [3.8, 4) is 17.1 Å². The van der Waals surface area contributed by atoms with Crippen LogP contribution in [0.1, 0.15) is 0 Å². The average molecular weight is 524 g/mol. The van der Waals surface area contributed by atoms with Gasteiger partial charge in [-0.25, -0.2) is 0 Å². The molecule has 9 rings (SSSR count). The van der Waals surface area contributed by atoms with Crippen LogP contribution in [0.25, 0.3) is 71.6 Å². The summed E-state index contributed by atoms with van der Waals surface area (Å²) in [7, 11) is 0. The summed E-state index contributed by atoms with van der Waals surface area (Å²) in [5.41, 5.74) is 9.57. The number of rotatable bonds is 3. The van der Waals surface area contributed by atoms with Crippen LogP contribution in [0.3, 0.4) is 0 Å². The van der Waals surface area contributed by atoms with Gasteiger partial charge >= 0.3 is 0 Å². The Morgan fingerprint density at radius 2 is 0.805 bits per heavy atom. The third kappa shape index (κ3) is 3.20. The molecule has 192 valence electrons. The molecule has 3 nitrogen and oxygen atoms in total. The third-order valence-electron chi connectivity index (χ3n) is 8.46. The van der Waals surface area contributed by atoms with E-state index >= 15 is 0 Å². The van der Waals surface area contributed by atoms with Gasteiger partial charge in [0.15, 0.2) is 0 Å². The molecule has 41 heavy (non-hydrogen) atoms. The van der Waals surface area contributed by atoms with Crippen LogP contribution in [0.2, 0.25) is 0 Å². The first kappa shape index (κ1) is 22.3. The van der Waals surface area contributed by atoms with E-state index in [1.165, 1.54) is 60.2 Å². The molecule has 3 aromatic heterocycles. The zero-order chi connectivity index (χ0) is 26.9. The van der Waals surface area contributed by atoms with E-state index in [4.69, 9.17) is 0 Å². The van der Waals surface area contributed by atoms with Gasteiger partial charge in [0.25, 0.3) is 0 Å². The van der Waals surface area contributed by atoms with Crippen molar-refractivity contribution in [3.05, 3.63) is 152 Å². The van der Waals surface area contributed by atoms with Gasteiger partial charge in [0.2, 0.25) is 0 Å². The molecule has 0 unspecified atom stereocenters. The monoisotopic (exact) mass is 523 g/mol. The molecule has 0 aliphatic carbocycles. The molecule has 0 bridgehead atoms. The predicted octanol–water partition coefficient (Wildman–Crippen LogP) is 9.82. The van der Waals surface area contributed by atoms with Crippen LogP contribution in [0, 0.1) is 0 Å². The van der Waals surface area contributed by atoms with Crippen LogP contribution >= 0.6 is 0 Å². The highest BCUT2D eigenvalue weighted by molar-refractivity contribution is 6.13. The highest BCUT2D eigenvalue weighted by atomic mass is 15.0. The Bertz CT molecular complexity index is 2350. The van der Waals surface area contributed by atoms with E-state index in [0.29, 0.717) is 0 Å². The third-order valence-corrected chi connectivity index (χ3v) is 8.46. The topological polar surface area (TPSA) is 14.8 Å². The molecule has 0 radical (unpaired) electrons. The Kier molecular flexibility index (Phi) is 4.61. The Morgan fingerprint density at radius 1 is 0.317 bits per heavy atom. The second kappa shape index (κ2) is 8.48. The number of benzene rings is 6. The number of para-hydroxylation sites is 4. The molecule has 0 amide bonds. The largest absolute Gasteiger partial charge is 0.316 e. The lowest BCUT2D eigenvalue weighted by Gasteiger charge is -2.11. The predicted molar refractivity (Wildman–Crippen MR) is 172 cm³/mol. The van der Waals surface area contributed by atoms with Crippen molar-refractivity contribution in [3.63, 3.8) is 0 Å². The molecule has 0 saturated carbocycles. The van der Waals surface area contributed by atoms with Crippen molar-refractivity contribution in [2.45, 2.75) is 0 Å². The Morgan fingerprint density at radius 3 is 1.44 bits per heavy atom. The van der Waals surface area contributed by atoms with Crippen LogP contribution in [0.4, 0.5) is 0 Å². The fourth-order valence-electron chi connectivity index (χ4n) is 6.64. The first-order valence-electron chi connectivity index (χ1n) is 14.0.